The van der Waals surface area contributed by atoms with E-state index in [-0.39, 0.29) is 11.7 Å². The minimum Gasteiger partial charge on any atom is -0.506 e. The lowest BCUT2D eigenvalue weighted by Crippen LogP contribution is -2.24. The molecule has 0 unspecified atom stereocenters. The molecule has 0 bridgehead atoms. The highest BCUT2D eigenvalue weighted by Crippen LogP contribution is 2.05. The lowest BCUT2D eigenvalue weighted by molar-refractivity contribution is -0.116. The van der Waals surface area contributed by atoms with Crippen molar-refractivity contribution in [3.63, 3.8) is 0 Å². The smallest absolute Gasteiger partial charge is 0.255 e. The van der Waals surface area contributed by atoms with E-state index in [1.165, 1.54) is 6.08 Å². The molecule has 0 rings (SSSR count). The lowest BCUT2D eigenvalue weighted by Gasteiger charge is -2.08. The quantitative estimate of drug-likeness (QED) is 0.435. The minimum atomic E-state index is -0.234. The number of carbonyl (C=O) groups excluding carboxylic acids is 1. The molecule has 1 amide bonds. The van der Waals surface area contributed by atoms with E-state index in [0.717, 1.165) is 0 Å². The van der Waals surface area contributed by atoms with Gasteiger partial charge in [0.05, 0.1) is 5.70 Å². The zero-order valence-electron chi connectivity index (χ0n) is 10.2. The first-order valence-electron chi connectivity index (χ1n) is 5.23. The van der Waals surface area contributed by atoms with Crippen molar-refractivity contribution in [2.75, 3.05) is 0 Å². The topological polar surface area (TPSA) is 49.3 Å². The molecular formula is C13H19NO2. The lowest BCUT2D eigenvalue weighted by atomic mass is 10.2. The van der Waals surface area contributed by atoms with Gasteiger partial charge in [-0.1, -0.05) is 24.3 Å². The number of carbonyl (C=O) groups is 1. The standard InChI is InChI=1S/C13H19NO2/c1-5-9-10(6-2)13(16)14-11(7-3)12(15)8-4/h5-9,15H,1-4H3,(H,14,16)/b9-5?,10-6+,11-7+,12-8?. The first-order valence-corrected chi connectivity index (χ1v) is 5.23. The van der Waals surface area contributed by atoms with Crippen LogP contribution in [0, 0.1) is 0 Å². The number of aliphatic hydroxyl groups is 1. The van der Waals surface area contributed by atoms with E-state index < -0.39 is 0 Å². The number of hydrogen-bond acceptors (Lipinski definition) is 2. The molecule has 0 heterocycles. The van der Waals surface area contributed by atoms with Crippen LogP contribution >= 0.6 is 0 Å². The van der Waals surface area contributed by atoms with E-state index in [9.17, 15) is 9.90 Å². The Labute approximate surface area is 96.9 Å². The molecular weight excluding hydrogens is 202 g/mol. The molecule has 3 heteroatoms. The number of amides is 1. The second-order valence-corrected chi connectivity index (χ2v) is 3.07. The van der Waals surface area contributed by atoms with Gasteiger partial charge in [-0.25, -0.2) is 0 Å². The van der Waals surface area contributed by atoms with Gasteiger partial charge in [-0.15, -0.1) is 0 Å². The van der Waals surface area contributed by atoms with Crippen LogP contribution in [0.2, 0.25) is 0 Å². The molecule has 0 fully saturated rings. The number of rotatable bonds is 4. The molecule has 0 aliphatic rings. The van der Waals surface area contributed by atoms with Gasteiger partial charge in [0.15, 0.2) is 0 Å². The summed E-state index contributed by atoms with van der Waals surface area (Å²) in [5.74, 6) is -0.172. The Morgan fingerprint density at radius 3 is 2.06 bits per heavy atom. The summed E-state index contributed by atoms with van der Waals surface area (Å²) in [7, 11) is 0. The van der Waals surface area contributed by atoms with Crippen LogP contribution in [-0.2, 0) is 4.79 Å². The third-order valence-electron chi connectivity index (χ3n) is 2.01. The van der Waals surface area contributed by atoms with E-state index in [1.807, 2.05) is 6.92 Å². The van der Waals surface area contributed by atoms with E-state index in [4.69, 9.17) is 0 Å². The molecule has 0 aliphatic carbocycles. The van der Waals surface area contributed by atoms with Crippen molar-refractivity contribution in [1.29, 1.82) is 0 Å². The molecule has 16 heavy (non-hydrogen) atoms. The van der Waals surface area contributed by atoms with Crippen LogP contribution in [0.1, 0.15) is 27.7 Å². The number of aliphatic hydroxyl groups excluding tert-OH is 1. The zero-order valence-corrected chi connectivity index (χ0v) is 10.2. The van der Waals surface area contributed by atoms with Crippen LogP contribution in [0.4, 0.5) is 0 Å². The van der Waals surface area contributed by atoms with Crippen LogP contribution < -0.4 is 5.32 Å². The first kappa shape index (κ1) is 14.2. The summed E-state index contributed by atoms with van der Waals surface area (Å²) in [4.78, 5) is 11.7. The van der Waals surface area contributed by atoms with Crippen molar-refractivity contribution < 1.29 is 9.90 Å². The Morgan fingerprint density at radius 1 is 1.06 bits per heavy atom. The van der Waals surface area contributed by atoms with Gasteiger partial charge in [-0.2, -0.15) is 0 Å². The molecule has 0 aromatic rings. The highest BCUT2D eigenvalue weighted by atomic mass is 16.3. The first-order chi connectivity index (χ1) is 7.60. The van der Waals surface area contributed by atoms with Gasteiger partial charge in [0.25, 0.3) is 5.91 Å². The molecule has 0 aromatic heterocycles. The second kappa shape index (κ2) is 7.51. The predicted molar refractivity (Wildman–Crippen MR) is 66.9 cm³/mol. The van der Waals surface area contributed by atoms with E-state index in [0.29, 0.717) is 11.3 Å². The van der Waals surface area contributed by atoms with Gasteiger partial charge in [-0.3, -0.25) is 4.79 Å². The van der Waals surface area contributed by atoms with Crippen LogP contribution in [0.25, 0.3) is 0 Å². The summed E-state index contributed by atoms with van der Waals surface area (Å²) >= 11 is 0. The molecule has 88 valence electrons. The summed E-state index contributed by atoms with van der Waals surface area (Å²) in [5.41, 5.74) is 0.974. The highest BCUT2D eigenvalue weighted by molar-refractivity contribution is 5.97. The van der Waals surface area contributed by atoms with Crippen molar-refractivity contribution >= 4 is 5.91 Å². The van der Waals surface area contributed by atoms with E-state index in [2.05, 4.69) is 5.32 Å². The number of allylic oxidation sites excluding steroid dienone is 4. The molecule has 0 saturated heterocycles. The molecule has 0 radical (unpaired) electrons. The molecule has 0 saturated carbocycles. The summed E-state index contributed by atoms with van der Waals surface area (Å²) in [6.07, 6.45) is 8.40. The van der Waals surface area contributed by atoms with Crippen molar-refractivity contribution in [3.8, 4) is 0 Å². The molecule has 3 nitrogen and oxygen atoms in total. The fourth-order valence-corrected chi connectivity index (χ4v) is 1.12. The van der Waals surface area contributed by atoms with Gasteiger partial charge in [0.1, 0.15) is 5.76 Å². The Hall–Kier alpha value is -1.77. The maximum atomic E-state index is 11.7. The fourth-order valence-electron chi connectivity index (χ4n) is 1.12. The Balaban J connectivity index is 4.80. The number of nitrogens with one attached hydrogen (secondary N) is 1. The van der Waals surface area contributed by atoms with Crippen molar-refractivity contribution in [2.24, 2.45) is 0 Å². The van der Waals surface area contributed by atoms with Crippen LogP contribution in [0.5, 0.6) is 0 Å². The Morgan fingerprint density at radius 2 is 1.69 bits per heavy atom. The van der Waals surface area contributed by atoms with Crippen molar-refractivity contribution in [1.82, 2.24) is 5.32 Å². The summed E-state index contributed by atoms with van der Waals surface area (Å²) < 4.78 is 0. The third kappa shape index (κ3) is 4.17. The van der Waals surface area contributed by atoms with Crippen LogP contribution in [0.15, 0.2) is 47.4 Å². The van der Waals surface area contributed by atoms with E-state index >= 15 is 0 Å². The van der Waals surface area contributed by atoms with Gasteiger partial charge in [0.2, 0.25) is 0 Å². The monoisotopic (exact) mass is 221 g/mol. The molecule has 0 aliphatic heterocycles. The zero-order chi connectivity index (χ0) is 12.6. The average molecular weight is 221 g/mol. The van der Waals surface area contributed by atoms with Gasteiger partial charge in [0, 0.05) is 5.57 Å². The summed E-state index contributed by atoms with van der Waals surface area (Å²) in [6, 6.07) is 0. The molecule has 0 atom stereocenters. The molecule has 0 spiro atoms. The van der Waals surface area contributed by atoms with Crippen molar-refractivity contribution in [2.45, 2.75) is 27.7 Å². The largest absolute Gasteiger partial charge is 0.506 e. The fraction of sp³-hybridized carbons (Fsp3) is 0.308. The van der Waals surface area contributed by atoms with E-state index in [1.54, 1.807) is 45.1 Å². The second-order valence-electron chi connectivity index (χ2n) is 3.07. The maximum absolute atomic E-state index is 11.7. The average Bonchev–Trinajstić information content (AvgIpc) is 2.31. The Kier molecular flexibility index (Phi) is 6.68. The number of hydrogen-bond donors (Lipinski definition) is 2. The third-order valence-corrected chi connectivity index (χ3v) is 2.01. The van der Waals surface area contributed by atoms with Gasteiger partial charge < -0.3 is 10.4 Å². The minimum absolute atomic E-state index is 0.0618. The molecule has 2 N–H and O–H groups in total. The molecule has 0 aromatic carbocycles. The van der Waals surface area contributed by atoms with Crippen LogP contribution in [0.3, 0.4) is 0 Å². The Bertz CT molecular complexity index is 360. The van der Waals surface area contributed by atoms with Gasteiger partial charge >= 0.3 is 0 Å². The van der Waals surface area contributed by atoms with Crippen LogP contribution in [-0.4, -0.2) is 11.0 Å². The maximum Gasteiger partial charge on any atom is 0.255 e. The summed E-state index contributed by atoms with van der Waals surface area (Å²) in [6.45, 7) is 7.09. The highest BCUT2D eigenvalue weighted by Gasteiger charge is 2.09. The SMILES string of the molecule is CC=C/C(=C\C)C(=O)N/C(=C/C)C(O)=CC. The normalized spacial score (nSPS) is 14.4. The summed E-state index contributed by atoms with van der Waals surface area (Å²) in [5, 5.41) is 12.1. The predicted octanol–water partition coefficient (Wildman–Crippen LogP) is 2.99. The van der Waals surface area contributed by atoms with Crippen molar-refractivity contribution in [3.05, 3.63) is 47.4 Å². The van der Waals surface area contributed by atoms with Gasteiger partial charge in [-0.05, 0) is 33.8 Å².